The van der Waals surface area contributed by atoms with Crippen LogP contribution in [0.1, 0.15) is 5.56 Å². The summed E-state index contributed by atoms with van der Waals surface area (Å²) >= 11 is 9.54. The van der Waals surface area contributed by atoms with Gasteiger partial charge < -0.3 is 4.74 Å². The van der Waals surface area contributed by atoms with Gasteiger partial charge in [0.2, 0.25) is 5.88 Å². The van der Waals surface area contributed by atoms with Crippen LogP contribution in [0.2, 0.25) is 5.02 Å². The van der Waals surface area contributed by atoms with E-state index >= 15 is 0 Å². The van der Waals surface area contributed by atoms with Crippen molar-refractivity contribution in [1.82, 2.24) is 9.97 Å². The van der Waals surface area contributed by atoms with E-state index in [1.54, 1.807) is 24.5 Å². The highest BCUT2D eigenvalue weighted by Gasteiger charge is 2.08. The van der Waals surface area contributed by atoms with Crippen molar-refractivity contribution in [3.63, 3.8) is 0 Å². The molecule has 5 heteroatoms. The first-order valence-corrected chi connectivity index (χ1v) is 7.50. The van der Waals surface area contributed by atoms with Crippen LogP contribution in [0.25, 0.3) is 10.9 Å². The minimum atomic E-state index is 0.531. The van der Waals surface area contributed by atoms with E-state index in [0.29, 0.717) is 16.7 Å². The number of benzene rings is 1. The van der Waals surface area contributed by atoms with Crippen molar-refractivity contribution >= 4 is 38.4 Å². The second-order valence-corrected chi connectivity index (χ2v) is 5.15. The average molecular weight is 350 g/mol. The van der Waals surface area contributed by atoms with Gasteiger partial charge in [0.15, 0.2) is 5.75 Å². The summed E-state index contributed by atoms with van der Waals surface area (Å²) in [5.41, 5.74) is 1.82. The predicted molar refractivity (Wildman–Crippen MR) is 83.7 cm³/mol. The number of halogens is 2. The number of fused-ring (bicyclic) bond motifs is 1. The standard InChI is InChI=1S/C15H10BrClN2O/c16-8-10-3-6-14(19-9-10)20-13-5-4-12(17)11-2-1-7-18-15(11)13/h1-7,9H,8H2. The Kier molecular flexibility index (Phi) is 3.85. The first-order chi connectivity index (χ1) is 9.78. The van der Waals surface area contributed by atoms with E-state index in [2.05, 4.69) is 25.9 Å². The van der Waals surface area contributed by atoms with Gasteiger partial charge in [0, 0.05) is 29.2 Å². The molecule has 1 aromatic carbocycles. The van der Waals surface area contributed by atoms with E-state index in [1.165, 1.54) is 0 Å². The topological polar surface area (TPSA) is 35.0 Å². The summed E-state index contributed by atoms with van der Waals surface area (Å²) in [5.74, 6) is 1.17. The molecule has 100 valence electrons. The van der Waals surface area contributed by atoms with Crippen LogP contribution in [0.15, 0.2) is 48.8 Å². The zero-order chi connectivity index (χ0) is 13.9. The third-order valence-electron chi connectivity index (χ3n) is 2.85. The number of hydrogen-bond acceptors (Lipinski definition) is 3. The molecule has 3 nitrogen and oxygen atoms in total. The van der Waals surface area contributed by atoms with Crippen molar-refractivity contribution in [2.45, 2.75) is 5.33 Å². The maximum atomic E-state index is 6.16. The Morgan fingerprint density at radius 3 is 2.75 bits per heavy atom. The SMILES string of the molecule is Clc1ccc(Oc2ccc(CBr)cn2)c2ncccc12. The molecule has 0 saturated heterocycles. The third kappa shape index (κ3) is 2.62. The normalized spacial score (nSPS) is 10.7. The molecule has 2 aromatic heterocycles. The molecule has 0 unspecified atom stereocenters. The number of hydrogen-bond donors (Lipinski definition) is 0. The predicted octanol–water partition coefficient (Wildman–Crippen LogP) is 4.97. The van der Waals surface area contributed by atoms with Crippen LogP contribution in [-0.4, -0.2) is 9.97 Å². The molecule has 0 fully saturated rings. The van der Waals surface area contributed by atoms with Gasteiger partial charge in [0.25, 0.3) is 0 Å². The molecule has 0 N–H and O–H groups in total. The van der Waals surface area contributed by atoms with E-state index < -0.39 is 0 Å². The molecule has 2 heterocycles. The maximum absolute atomic E-state index is 6.16. The molecule has 0 radical (unpaired) electrons. The Balaban J connectivity index is 2.00. The minimum absolute atomic E-state index is 0.531. The Hall–Kier alpha value is -1.65. The third-order valence-corrected chi connectivity index (χ3v) is 3.82. The summed E-state index contributed by atoms with van der Waals surface area (Å²) in [7, 11) is 0. The molecule has 0 amide bonds. The van der Waals surface area contributed by atoms with Gasteiger partial charge in [-0.15, -0.1) is 0 Å². The van der Waals surface area contributed by atoms with E-state index in [1.807, 2.05) is 24.3 Å². The maximum Gasteiger partial charge on any atom is 0.219 e. The number of rotatable bonds is 3. The molecule has 0 saturated carbocycles. The lowest BCUT2D eigenvalue weighted by Crippen LogP contribution is -1.91. The molecule has 0 aliphatic rings. The minimum Gasteiger partial charge on any atom is -0.437 e. The molecule has 0 aliphatic heterocycles. The molecule has 3 aromatic rings. The van der Waals surface area contributed by atoms with Crippen molar-refractivity contribution in [3.8, 4) is 11.6 Å². The fourth-order valence-corrected chi connectivity index (χ4v) is 2.40. The Morgan fingerprint density at radius 1 is 1.10 bits per heavy atom. The van der Waals surface area contributed by atoms with Gasteiger partial charge in [0.05, 0.1) is 5.02 Å². The molecule has 0 bridgehead atoms. The second kappa shape index (κ2) is 5.77. The molecular formula is C15H10BrClN2O. The van der Waals surface area contributed by atoms with Crippen molar-refractivity contribution < 1.29 is 4.74 Å². The van der Waals surface area contributed by atoms with Gasteiger partial charge in [-0.3, -0.25) is 4.98 Å². The number of nitrogens with zero attached hydrogens (tertiary/aromatic N) is 2. The lowest BCUT2D eigenvalue weighted by molar-refractivity contribution is 0.467. The summed E-state index contributed by atoms with van der Waals surface area (Å²) in [4.78, 5) is 8.59. The summed E-state index contributed by atoms with van der Waals surface area (Å²) in [6, 6.07) is 11.2. The van der Waals surface area contributed by atoms with Crippen LogP contribution in [-0.2, 0) is 5.33 Å². The fourth-order valence-electron chi connectivity index (χ4n) is 1.86. The highest BCUT2D eigenvalue weighted by molar-refractivity contribution is 9.08. The largest absolute Gasteiger partial charge is 0.437 e. The Bertz CT molecular complexity index is 746. The lowest BCUT2D eigenvalue weighted by atomic mass is 10.2. The van der Waals surface area contributed by atoms with Gasteiger partial charge in [-0.2, -0.15) is 0 Å². The highest BCUT2D eigenvalue weighted by atomic mass is 79.9. The fraction of sp³-hybridized carbons (Fsp3) is 0.0667. The number of alkyl halides is 1. The monoisotopic (exact) mass is 348 g/mol. The number of ether oxygens (including phenoxy) is 1. The van der Waals surface area contributed by atoms with E-state index in [0.717, 1.165) is 21.8 Å². The summed E-state index contributed by atoms with van der Waals surface area (Å²) < 4.78 is 5.80. The van der Waals surface area contributed by atoms with E-state index in [4.69, 9.17) is 16.3 Å². The quantitative estimate of drug-likeness (QED) is 0.626. The zero-order valence-electron chi connectivity index (χ0n) is 10.4. The average Bonchev–Trinajstić information content (AvgIpc) is 2.51. The lowest BCUT2D eigenvalue weighted by Gasteiger charge is -2.08. The first-order valence-electron chi connectivity index (χ1n) is 6.00. The van der Waals surface area contributed by atoms with Crippen LogP contribution >= 0.6 is 27.5 Å². The van der Waals surface area contributed by atoms with Gasteiger partial charge in [0.1, 0.15) is 5.52 Å². The van der Waals surface area contributed by atoms with E-state index in [-0.39, 0.29) is 0 Å². The summed E-state index contributed by atoms with van der Waals surface area (Å²) in [5, 5.41) is 2.29. The molecule has 0 atom stereocenters. The van der Waals surface area contributed by atoms with Crippen molar-refractivity contribution in [2.75, 3.05) is 0 Å². The second-order valence-electron chi connectivity index (χ2n) is 4.19. The van der Waals surface area contributed by atoms with Crippen LogP contribution in [0.3, 0.4) is 0 Å². The molecule has 0 spiro atoms. The zero-order valence-corrected chi connectivity index (χ0v) is 12.7. The van der Waals surface area contributed by atoms with E-state index in [9.17, 15) is 0 Å². The number of aromatic nitrogens is 2. The van der Waals surface area contributed by atoms with Crippen LogP contribution in [0, 0.1) is 0 Å². The summed E-state index contributed by atoms with van der Waals surface area (Å²) in [6.45, 7) is 0. The highest BCUT2D eigenvalue weighted by Crippen LogP contribution is 2.32. The first kappa shape index (κ1) is 13.3. The number of pyridine rings is 2. The molecular weight excluding hydrogens is 340 g/mol. The van der Waals surface area contributed by atoms with Crippen molar-refractivity contribution in [1.29, 1.82) is 0 Å². The van der Waals surface area contributed by atoms with Crippen LogP contribution < -0.4 is 4.74 Å². The van der Waals surface area contributed by atoms with Gasteiger partial charge >= 0.3 is 0 Å². The smallest absolute Gasteiger partial charge is 0.219 e. The van der Waals surface area contributed by atoms with Crippen LogP contribution in [0.4, 0.5) is 0 Å². The van der Waals surface area contributed by atoms with Gasteiger partial charge in [-0.1, -0.05) is 33.6 Å². The molecule has 0 aliphatic carbocycles. The van der Waals surface area contributed by atoms with Crippen LogP contribution in [0.5, 0.6) is 11.6 Å². The molecule has 20 heavy (non-hydrogen) atoms. The van der Waals surface area contributed by atoms with Crippen molar-refractivity contribution in [2.24, 2.45) is 0 Å². The van der Waals surface area contributed by atoms with Gasteiger partial charge in [-0.05, 0) is 29.8 Å². The Labute approximate surface area is 129 Å². The van der Waals surface area contributed by atoms with Crippen molar-refractivity contribution in [3.05, 3.63) is 59.4 Å². The Morgan fingerprint density at radius 2 is 2.00 bits per heavy atom. The summed E-state index contributed by atoms with van der Waals surface area (Å²) in [6.07, 6.45) is 3.49. The molecule has 3 rings (SSSR count). The van der Waals surface area contributed by atoms with Gasteiger partial charge in [-0.25, -0.2) is 4.98 Å².